The van der Waals surface area contributed by atoms with Gasteiger partial charge in [-0.15, -0.1) is 0 Å². The van der Waals surface area contributed by atoms with E-state index < -0.39 is 11.9 Å². The number of ether oxygens (including phenoxy) is 1. The highest BCUT2D eigenvalue weighted by atomic mass is 16.5. The number of carboxylic acid groups (broad SMARTS) is 1. The van der Waals surface area contributed by atoms with E-state index in [9.17, 15) is 4.79 Å². The van der Waals surface area contributed by atoms with Crippen LogP contribution in [0.25, 0.3) is 0 Å². The average Bonchev–Trinajstić information content (AvgIpc) is 2.41. The second-order valence-corrected chi connectivity index (χ2v) is 5.43. The highest BCUT2D eigenvalue weighted by molar-refractivity contribution is 5.75. The van der Waals surface area contributed by atoms with Gasteiger partial charge in [-0.3, -0.25) is 4.79 Å². The minimum absolute atomic E-state index is 0.427. The zero-order valence-corrected chi connectivity index (χ0v) is 12.1. The monoisotopic (exact) mass is 277 g/mol. The first-order valence-electron chi connectivity index (χ1n) is 7.26. The van der Waals surface area contributed by atoms with E-state index in [0.717, 1.165) is 31.6 Å². The van der Waals surface area contributed by atoms with Gasteiger partial charge in [-0.05, 0) is 37.8 Å². The normalized spacial score (nSPS) is 23.1. The van der Waals surface area contributed by atoms with Crippen LogP contribution in [0.2, 0.25) is 0 Å². The van der Waals surface area contributed by atoms with Crippen molar-refractivity contribution in [3.8, 4) is 0 Å². The first kappa shape index (κ1) is 15.0. The maximum atomic E-state index is 10.9. The van der Waals surface area contributed by atoms with E-state index in [0.29, 0.717) is 12.1 Å². The highest BCUT2D eigenvalue weighted by Crippen LogP contribution is 2.23. The standard InChI is InChI=1S/C16H23NO3/c1-3-20-15-8-14(9-15)17-10-12-4-6-13(7-5-12)11(2)16(18)19/h4-7,11,14-15,17H,3,8-10H2,1-2H3,(H,18,19). The van der Waals surface area contributed by atoms with Gasteiger partial charge in [0.15, 0.2) is 0 Å². The summed E-state index contributed by atoms with van der Waals surface area (Å²) in [6.07, 6.45) is 2.60. The third kappa shape index (κ3) is 3.81. The summed E-state index contributed by atoms with van der Waals surface area (Å²) in [7, 11) is 0. The molecule has 1 aromatic carbocycles. The van der Waals surface area contributed by atoms with Crippen LogP contribution in [0.15, 0.2) is 24.3 Å². The Morgan fingerprint density at radius 1 is 1.40 bits per heavy atom. The lowest BCUT2D eigenvalue weighted by Gasteiger charge is -2.35. The molecule has 20 heavy (non-hydrogen) atoms. The quantitative estimate of drug-likeness (QED) is 0.804. The minimum atomic E-state index is -0.785. The van der Waals surface area contributed by atoms with Gasteiger partial charge in [0.05, 0.1) is 12.0 Å². The molecule has 0 bridgehead atoms. The summed E-state index contributed by atoms with van der Waals surface area (Å²) in [6.45, 7) is 5.35. The molecule has 0 saturated heterocycles. The molecule has 1 aromatic rings. The molecular formula is C16H23NO3. The molecule has 0 radical (unpaired) electrons. The molecule has 2 N–H and O–H groups in total. The van der Waals surface area contributed by atoms with Crippen molar-refractivity contribution in [3.05, 3.63) is 35.4 Å². The summed E-state index contributed by atoms with van der Waals surface area (Å²) in [4.78, 5) is 10.9. The molecule has 1 fully saturated rings. The van der Waals surface area contributed by atoms with Crippen molar-refractivity contribution in [2.24, 2.45) is 0 Å². The van der Waals surface area contributed by atoms with Crippen LogP contribution in [0.1, 0.15) is 43.7 Å². The van der Waals surface area contributed by atoms with Crippen LogP contribution in [0.3, 0.4) is 0 Å². The molecule has 1 unspecified atom stereocenters. The number of aliphatic carboxylic acids is 1. The van der Waals surface area contributed by atoms with Crippen molar-refractivity contribution in [2.45, 2.75) is 51.3 Å². The second kappa shape index (κ2) is 6.86. The fourth-order valence-corrected chi connectivity index (χ4v) is 2.43. The molecule has 0 spiro atoms. The molecule has 0 aromatic heterocycles. The molecule has 1 saturated carbocycles. The SMILES string of the molecule is CCOC1CC(NCc2ccc(C(C)C(=O)O)cc2)C1. The smallest absolute Gasteiger partial charge is 0.310 e. The van der Waals surface area contributed by atoms with Crippen molar-refractivity contribution in [1.29, 1.82) is 0 Å². The van der Waals surface area contributed by atoms with E-state index in [1.165, 1.54) is 5.56 Å². The molecule has 4 nitrogen and oxygen atoms in total. The zero-order chi connectivity index (χ0) is 14.5. The molecular weight excluding hydrogens is 254 g/mol. The Hall–Kier alpha value is -1.39. The van der Waals surface area contributed by atoms with E-state index in [1.807, 2.05) is 31.2 Å². The summed E-state index contributed by atoms with van der Waals surface area (Å²) in [5, 5.41) is 12.5. The van der Waals surface area contributed by atoms with Crippen molar-refractivity contribution in [1.82, 2.24) is 5.32 Å². The fraction of sp³-hybridized carbons (Fsp3) is 0.562. The number of benzene rings is 1. The van der Waals surface area contributed by atoms with E-state index >= 15 is 0 Å². The van der Waals surface area contributed by atoms with E-state index in [4.69, 9.17) is 9.84 Å². The summed E-state index contributed by atoms with van der Waals surface area (Å²) >= 11 is 0. The van der Waals surface area contributed by atoms with Crippen LogP contribution >= 0.6 is 0 Å². The zero-order valence-electron chi connectivity index (χ0n) is 12.1. The van der Waals surface area contributed by atoms with E-state index in [1.54, 1.807) is 6.92 Å². The number of hydrogen-bond acceptors (Lipinski definition) is 3. The molecule has 1 atom stereocenters. The first-order chi connectivity index (χ1) is 9.60. The van der Waals surface area contributed by atoms with Gasteiger partial charge >= 0.3 is 5.97 Å². The number of hydrogen-bond donors (Lipinski definition) is 2. The van der Waals surface area contributed by atoms with Gasteiger partial charge in [-0.25, -0.2) is 0 Å². The molecule has 0 heterocycles. The Morgan fingerprint density at radius 2 is 2.05 bits per heavy atom. The van der Waals surface area contributed by atoms with Gasteiger partial charge in [0, 0.05) is 19.2 Å². The third-order valence-electron chi connectivity index (χ3n) is 3.94. The minimum Gasteiger partial charge on any atom is -0.481 e. The summed E-state index contributed by atoms with van der Waals surface area (Å²) in [6, 6.07) is 8.35. The Kier molecular flexibility index (Phi) is 5.15. The second-order valence-electron chi connectivity index (χ2n) is 5.43. The van der Waals surface area contributed by atoms with Gasteiger partial charge in [0.1, 0.15) is 0 Å². The van der Waals surface area contributed by atoms with E-state index in [-0.39, 0.29) is 0 Å². The van der Waals surface area contributed by atoms with Gasteiger partial charge in [-0.2, -0.15) is 0 Å². The first-order valence-corrected chi connectivity index (χ1v) is 7.26. The van der Waals surface area contributed by atoms with Crippen LogP contribution in [0.4, 0.5) is 0 Å². The summed E-state index contributed by atoms with van der Waals surface area (Å²) < 4.78 is 5.53. The van der Waals surface area contributed by atoms with Crippen molar-refractivity contribution < 1.29 is 14.6 Å². The van der Waals surface area contributed by atoms with Crippen molar-refractivity contribution in [3.63, 3.8) is 0 Å². The number of carbonyl (C=O) groups is 1. The van der Waals surface area contributed by atoms with Crippen LogP contribution in [-0.2, 0) is 16.1 Å². The maximum Gasteiger partial charge on any atom is 0.310 e. The highest BCUT2D eigenvalue weighted by Gasteiger charge is 2.28. The van der Waals surface area contributed by atoms with Gasteiger partial charge in [0.2, 0.25) is 0 Å². The predicted molar refractivity (Wildman–Crippen MR) is 77.8 cm³/mol. The van der Waals surface area contributed by atoms with Gasteiger partial charge < -0.3 is 15.2 Å². The Labute approximate surface area is 120 Å². The van der Waals surface area contributed by atoms with E-state index in [2.05, 4.69) is 5.32 Å². The van der Waals surface area contributed by atoms with Crippen molar-refractivity contribution >= 4 is 5.97 Å². The Balaban J connectivity index is 1.76. The van der Waals surface area contributed by atoms with Crippen LogP contribution < -0.4 is 5.32 Å². The van der Waals surface area contributed by atoms with Crippen molar-refractivity contribution in [2.75, 3.05) is 6.61 Å². The lowest BCUT2D eigenvalue weighted by atomic mass is 9.89. The largest absolute Gasteiger partial charge is 0.481 e. The van der Waals surface area contributed by atoms with Crippen LogP contribution in [0, 0.1) is 0 Å². The number of carboxylic acids is 1. The number of nitrogens with one attached hydrogen (secondary N) is 1. The Morgan fingerprint density at radius 3 is 2.60 bits per heavy atom. The lowest BCUT2D eigenvalue weighted by Crippen LogP contribution is -2.45. The third-order valence-corrected chi connectivity index (χ3v) is 3.94. The van der Waals surface area contributed by atoms with Crippen LogP contribution in [0.5, 0.6) is 0 Å². The predicted octanol–water partition coefficient (Wildman–Crippen LogP) is 2.53. The lowest BCUT2D eigenvalue weighted by molar-refractivity contribution is -0.138. The topological polar surface area (TPSA) is 58.6 Å². The molecule has 1 aliphatic carbocycles. The fourth-order valence-electron chi connectivity index (χ4n) is 2.43. The Bertz CT molecular complexity index is 438. The molecule has 1 aliphatic rings. The average molecular weight is 277 g/mol. The molecule has 110 valence electrons. The molecule has 2 rings (SSSR count). The van der Waals surface area contributed by atoms with Crippen LogP contribution in [-0.4, -0.2) is 29.8 Å². The van der Waals surface area contributed by atoms with Gasteiger partial charge in [-0.1, -0.05) is 24.3 Å². The van der Waals surface area contributed by atoms with Gasteiger partial charge in [0.25, 0.3) is 0 Å². The molecule has 0 amide bonds. The molecule has 0 aliphatic heterocycles. The summed E-state index contributed by atoms with van der Waals surface area (Å²) in [5.41, 5.74) is 2.03. The number of rotatable bonds is 7. The molecule has 4 heteroatoms. The summed E-state index contributed by atoms with van der Waals surface area (Å²) in [5.74, 6) is -1.23. The maximum absolute atomic E-state index is 10.9.